The van der Waals surface area contributed by atoms with Gasteiger partial charge >= 0.3 is 0 Å². The highest BCUT2D eigenvalue weighted by Crippen LogP contribution is 2.13. The molecule has 30 heavy (non-hydrogen) atoms. The second kappa shape index (κ2) is 13.5. The van der Waals surface area contributed by atoms with Crippen molar-refractivity contribution >= 4 is 29.9 Å². The third-order valence-corrected chi connectivity index (χ3v) is 5.66. The Kier molecular flexibility index (Phi) is 11.4. The molecule has 0 radical (unpaired) electrons. The Morgan fingerprint density at radius 3 is 2.73 bits per heavy atom. The van der Waals surface area contributed by atoms with Gasteiger partial charge in [0.05, 0.1) is 12.6 Å². The van der Waals surface area contributed by atoms with Crippen molar-refractivity contribution in [1.29, 1.82) is 0 Å². The second-order valence-electron chi connectivity index (χ2n) is 8.56. The number of aryl methyl sites for hydroxylation is 1. The van der Waals surface area contributed by atoms with Crippen molar-refractivity contribution in [2.45, 2.75) is 59.1 Å². The first-order chi connectivity index (χ1) is 14.2. The summed E-state index contributed by atoms with van der Waals surface area (Å²) in [6.07, 6.45) is 6.55. The number of hydrogen-bond donors (Lipinski definition) is 1. The van der Waals surface area contributed by atoms with Crippen LogP contribution in [0.5, 0.6) is 0 Å². The monoisotopic (exact) mass is 533 g/mol. The number of halogens is 1. The van der Waals surface area contributed by atoms with E-state index in [1.54, 1.807) is 0 Å². The highest BCUT2D eigenvalue weighted by molar-refractivity contribution is 14.0. The van der Waals surface area contributed by atoms with Crippen LogP contribution < -0.4 is 5.32 Å². The lowest BCUT2D eigenvalue weighted by Crippen LogP contribution is -2.53. The topological polar surface area (TPSA) is 70.8 Å². The number of nitrogens with one attached hydrogen (secondary N) is 1. The molecular weight excluding hydrogens is 493 g/mol. The van der Waals surface area contributed by atoms with Gasteiger partial charge in [-0.3, -0.25) is 9.89 Å². The molecule has 3 rings (SSSR count). The van der Waals surface area contributed by atoms with Crippen molar-refractivity contribution < 1.29 is 4.74 Å². The first-order valence-corrected chi connectivity index (χ1v) is 11.4. The van der Waals surface area contributed by atoms with Crippen molar-refractivity contribution in [2.24, 2.45) is 10.9 Å². The first kappa shape index (κ1) is 25.3. The van der Waals surface area contributed by atoms with Gasteiger partial charge in [-0.25, -0.2) is 0 Å². The molecule has 9 heteroatoms. The lowest BCUT2D eigenvalue weighted by Gasteiger charge is -2.37. The van der Waals surface area contributed by atoms with Gasteiger partial charge in [0.15, 0.2) is 5.96 Å². The number of aromatic nitrogens is 3. The second-order valence-corrected chi connectivity index (χ2v) is 8.56. The van der Waals surface area contributed by atoms with Crippen LogP contribution in [0, 0.1) is 5.92 Å². The van der Waals surface area contributed by atoms with E-state index < -0.39 is 0 Å². The molecule has 1 N–H and O–H groups in total. The molecule has 0 spiro atoms. The molecule has 1 atom stereocenters. The molecule has 2 aliphatic rings. The highest BCUT2D eigenvalue weighted by atomic mass is 127. The summed E-state index contributed by atoms with van der Waals surface area (Å²) >= 11 is 0. The van der Waals surface area contributed by atoms with Crippen LogP contribution in [-0.4, -0.2) is 89.0 Å². The molecule has 1 aromatic heterocycles. The molecule has 3 heterocycles. The molecule has 1 aromatic rings. The van der Waals surface area contributed by atoms with Gasteiger partial charge in [-0.05, 0) is 25.2 Å². The van der Waals surface area contributed by atoms with E-state index in [0.29, 0.717) is 5.92 Å². The van der Waals surface area contributed by atoms with Gasteiger partial charge < -0.3 is 19.5 Å². The van der Waals surface area contributed by atoms with Crippen LogP contribution in [0.3, 0.4) is 0 Å². The summed E-state index contributed by atoms with van der Waals surface area (Å²) in [4.78, 5) is 9.94. The summed E-state index contributed by atoms with van der Waals surface area (Å²) < 4.78 is 8.01. The number of guanidine groups is 1. The zero-order valence-electron chi connectivity index (χ0n) is 18.9. The van der Waals surface area contributed by atoms with Crippen molar-refractivity contribution in [1.82, 2.24) is 29.9 Å². The number of rotatable bonds is 8. The summed E-state index contributed by atoms with van der Waals surface area (Å²) in [5, 5.41) is 11.8. The van der Waals surface area contributed by atoms with Crippen LogP contribution in [0.25, 0.3) is 0 Å². The zero-order chi connectivity index (χ0) is 20.5. The minimum Gasteiger partial charge on any atom is -0.376 e. The van der Waals surface area contributed by atoms with Crippen molar-refractivity contribution in [2.75, 3.05) is 52.4 Å². The summed E-state index contributed by atoms with van der Waals surface area (Å²) in [5.41, 5.74) is 0. The predicted molar refractivity (Wildman–Crippen MR) is 132 cm³/mol. The minimum atomic E-state index is 0. The van der Waals surface area contributed by atoms with Crippen molar-refractivity contribution in [3.8, 4) is 0 Å². The molecule has 1 unspecified atom stereocenters. The maximum Gasteiger partial charge on any atom is 0.194 e. The number of hydrogen-bond acceptors (Lipinski definition) is 5. The quantitative estimate of drug-likeness (QED) is 0.314. The van der Waals surface area contributed by atoms with Crippen LogP contribution in [0.1, 0.15) is 45.9 Å². The number of aliphatic imine (C=N–C) groups is 1. The largest absolute Gasteiger partial charge is 0.376 e. The van der Waals surface area contributed by atoms with E-state index >= 15 is 0 Å². The van der Waals surface area contributed by atoms with Crippen LogP contribution in [0.15, 0.2) is 11.3 Å². The Bertz CT molecular complexity index is 623. The van der Waals surface area contributed by atoms with E-state index in [2.05, 4.69) is 50.7 Å². The number of piperazine rings is 1. The van der Waals surface area contributed by atoms with E-state index in [-0.39, 0.29) is 30.1 Å². The normalized spacial score (nSPS) is 21.0. The van der Waals surface area contributed by atoms with Gasteiger partial charge in [0, 0.05) is 58.8 Å². The van der Waals surface area contributed by atoms with Gasteiger partial charge in [0.1, 0.15) is 12.2 Å². The molecule has 2 fully saturated rings. The van der Waals surface area contributed by atoms with E-state index in [1.807, 2.05) is 6.33 Å². The highest BCUT2D eigenvalue weighted by Gasteiger charge is 2.21. The molecule has 8 nitrogen and oxygen atoms in total. The molecule has 0 aromatic carbocycles. The molecule has 0 saturated carbocycles. The Morgan fingerprint density at radius 1 is 1.27 bits per heavy atom. The fourth-order valence-electron chi connectivity index (χ4n) is 4.09. The summed E-state index contributed by atoms with van der Waals surface area (Å²) in [6, 6.07) is 0. The minimum absolute atomic E-state index is 0. The third kappa shape index (κ3) is 7.96. The molecular formula is C21H40IN7O. The Hall–Kier alpha value is -0.940. The van der Waals surface area contributed by atoms with Crippen molar-refractivity contribution in [3.05, 3.63) is 12.2 Å². The number of ether oxygens (including phenoxy) is 1. The average molecular weight is 534 g/mol. The molecule has 172 valence electrons. The zero-order valence-corrected chi connectivity index (χ0v) is 21.3. The Morgan fingerprint density at radius 2 is 2.07 bits per heavy atom. The van der Waals surface area contributed by atoms with Crippen LogP contribution in [0.2, 0.25) is 0 Å². The average Bonchev–Trinajstić information content (AvgIpc) is 3.19. The maximum absolute atomic E-state index is 5.89. The van der Waals surface area contributed by atoms with Gasteiger partial charge in [0.2, 0.25) is 0 Å². The van der Waals surface area contributed by atoms with Gasteiger partial charge in [-0.2, -0.15) is 0 Å². The molecule has 0 amide bonds. The smallest absolute Gasteiger partial charge is 0.194 e. The van der Waals surface area contributed by atoms with E-state index in [9.17, 15) is 0 Å². The molecule has 0 bridgehead atoms. The molecule has 2 aliphatic heterocycles. The van der Waals surface area contributed by atoms with Crippen LogP contribution in [0.4, 0.5) is 0 Å². The van der Waals surface area contributed by atoms with E-state index in [4.69, 9.17) is 9.73 Å². The van der Waals surface area contributed by atoms with Gasteiger partial charge in [-0.1, -0.05) is 20.8 Å². The lowest BCUT2D eigenvalue weighted by molar-refractivity contribution is 0.0222. The third-order valence-electron chi connectivity index (χ3n) is 5.66. The SMILES string of the molecule is CCc1nncn1CCNC(=NCC1CCCCO1)N1CCN(CC(C)C)CC1.I. The van der Waals surface area contributed by atoms with Gasteiger partial charge in [-0.15, -0.1) is 34.2 Å². The van der Waals surface area contributed by atoms with E-state index in [1.165, 1.54) is 19.4 Å². The summed E-state index contributed by atoms with van der Waals surface area (Å²) in [6.45, 7) is 15.4. The Balaban J connectivity index is 0.00000320. The molecule has 0 aliphatic carbocycles. The first-order valence-electron chi connectivity index (χ1n) is 11.4. The van der Waals surface area contributed by atoms with E-state index in [0.717, 1.165) is 77.0 Å². The Labute approximate surface area is 198 Å². The summed E-state index contributed by atoms with van der Waals surface area (Å²) in [7, 11) is 0. The fraction of sp³-hybridized carbons (Fsp3) is 0.857. The van der Waals surface area contributed by atoms with Crippen molar-refractivity contribution in [3.63, 3.8) is 0 Å². The standard InChI is InChI=1S/C21H39N7O.HI/c1-4-20-25-24-17-28(20)9-8-22-21(23-15-19-7-5-6-14-29-19)27-12-10-26(11-13-27)16-18(2)3;/h17-19H,4-16H2,1-3H3,(H,22,23);1H. The number of nitrogens with zero attached hydrogens (tertiary/aromatic N) is 6. The van der Waals surface area contributed by atoms with Gasteiger partial charge in [0.25, 0.3) is 0 Å². The predicted octanol–water partition coefficient (Wildman–Crippen LogP) is 2.25. The molecule has 2 saturated heterocycles. The van der Waals surface area contributed by atoms with Crippen LogP contribution in [-0.2, 0) is 17.7 Å². The fourth-order valence-corrected chi connectivity index (χ4v) is 4.09. The lowest BCUT2D eigenvalue weighted by atomic mass is 10.1. The van der Waals surface area contributed by atoms with Crippen LogP contribution >= 0.6 is 24.0 Å². The maximum atomic E-state index is 5.89. The summed E-state index contributed by atoms with van der Waals surface area (Å²) in [5.74, 6) is 2.77.